The number of hydrogen-bond acceptors (Lipinski definition) is 4. The molecule has 0 saturated heterocycles. The smallest absolute Gasteiger partial charge is 0.169 e. The highest BCUT2D eigenvalue weighted by Crippen LogP contribution is 2.02. The van der Waals surface area contributed by atoms with E-state index in [0.29, 0.717) is 18.9 Å². The fourth-order valence-electron chi connectivity index (χ4n) is 0.767. The minimum atomic E-state index is 0.0515. The molecule has 0 aliphatic heterocycles. The lowest BCUT2D eigenvalue weighted by atomic mass is 10.2. The minimum Gasteiger partial charge on any atom is -0.298 e. The van der Waals surface area contributed by atoms with Crippen molar-refractivity contribution in [1.82, 2.24) is 4.98 Å². The molecule has 0 saturated carbocycles. The van der Waals surface area contributed by atoms with E-state index in [2.05, 4.69) is 4.98 Å². The van der Waals surface area contributed by atoms with Gasteiger partial charge in [-0.15, -0.1) is 0 Å². The third-order valence-electron chi connectivity index (χ3n) is 1.35. The number of carbonyl (C=O) groups excluding carboxylic acids is 3. The van der Waals surface area contributed by atoms with Gasteiger partial charge in [-0.25, -0.2) is 0 Å². The van der Waals surface area contributed by atoms with Gasteiger partial charge in [0, 0.05) is 17.3 Å². The molecule has 1 rings (SSSR count). The molecular weight excluding hydrogens is 158 g/mol. The molecule has 60 valence electrons. The van der Waals surface area contributed by atoms with Crippen molar-refractivity contribution in [3.05, 3.63) is 29.1 Å². The van der Waals surface area contributed by atoms with Crippen molar-refractivity contribution in [1.29, 1.82) is 0 Å². The van der Waals surface area contributed by atoms with E-state index in [4.69, 9.17) is 0 Å². The molecular formula is C8H5NO3. The van der Waals surface area contributed by atoms with Crippen LogP contribution >= 0.6 is 0 Å². The third-order valence-corrected chi connectivity index (χ3v) is 1.35. The summed E-state index contributed by atoms with van der Waals surface area (Å²) in [5.41, 5.74) is 0.466. The Balaban J connectivity index is 3.27. The maximum absolute atomic E-state index is 10.3. The summed E-state index contributed by atoms with van der Waals surface area (Å²) in [4.78, 5) is 34.5. The summed E-state index contributed by atoms with van der Waals surface area (Å²) in [7, 11) is 0. The highest BCUT2D eigenvalue weighted by atomic mass is 16.1. The molecule has 12 heavy (non-hydrogen) atoms. The molecule has 0 aliphatic carbocycles. The Morgan fingerprint density at radius 2 is 1.83 bits per heavy atom. The summed E-state index contributed by atoms with van der Waals surface area (Å²) < 4.78 is 0. The Morgan fingerprint density at radius 3 is 2.33 bits per heavy atom. The summed E-state index contributed by atoms with van der Waals surface area (Å²) in [6, 6.07) is 1.32. The van der Waals surface area contributed by atoms with Crippen LogP contribution in [0.3, 0.4) is 0 Å². The fourth-order valence-corrected chi connectivity index (χ4v) is 0.767. The number of aromatic nitrogens is 1. The highest BCUT2D eigenvalue weighted by Gasteiger charge is 2.02. The summed E-state index contributed by atoms with van der Waals surface area (Å²) in [6.07, 6.45) is 2.76. The molecule has 0 aliphatic rings. The maximum atomic E-state index is 10.3. The van der Waals surface area contributed by atoms with E-state index in [-0.39, 0.29) is 16.8 Å². The first-order valence-corrected chi connectivity index (χ1v) is 3.17. The van der Waals surface area contributed by atoms with E-state index >= 15 is 0 Å². The van der Waals surface area contributed by atoms with Crippen molar-refractivity contribution in [3.63, 3.8) is 0 Å². The topological polar surface area (TPSA) is 64.1 Å². The van der Waals surface area contributed by atoms with E-state index in [0.717, 1.165) is 0 Å². The van der Waals surface area contributed by atoms with E-state index in [1.165, 1.54) is 12.3 Å². The molecule has 1 aromatic heterocycles. The van der Waals surface area contributed by atoms with Gasteiger partial charge in [0.25, 0.3) is 0 Å². The zero-order chi connectivity index (χ0) is 8.97. The van der Waals surface area contributed by atoms with Crippen LogP contribution < -0.4 is 0 Å². The van der Waals surface area contributed by atoms with E-state index in [9.17, 15) is 14.4 Å². The van der Waals surface area contributed by atoms with Gasteiger partial charge in [-0.1, -0.05) is 0 Å². The Morgan fingerprint density at radius 1 is 1.08 bits per heavy atom. The van der Waals surface area contributed by atoms with Gasteiger partial charge < -0.3 is 0 Å². The van der Waals surface area contributed by atoms with E-state index in [1.54, 1.807) is 0 Å². The van der Waals surface area contributed by atoms with Crippen LogP contribution in [-0.4, -0.2) is 23.8 Å². The monoisotopic (exact) mass is 163 g/mol. The third kappa shape index (κ3) is 1.42. The quantitative estimate of drug-likeness (QED) is 0.609. The normalized spacial score (nSPS) is 9.00. The fraction of sp³-hybridized carbons (Fsp3) is 0. The first kappa shape index (κ1) is 8.26. The number of carbonyl (C=O) groups is 3. The van der Waals surface area contributed by atoms with Crippen LogP contribution in [0.4, 0.5) is 0 Å². The van der Waals surface area contributed by atoms with Crippen molar-refractivity contribution in [2.45, 2.75) is 0 Å². The number of rotatable bonds is 3. The lowest BCUT2D eigenvalue weighted by molar-refractivity contribution is 0.109. The SMILES string of the molecule is O=Cc1cnc(C=O)c(C=O)c1. The van der Waals surface area contributed by atoms with Gasteiger partial charge in [-0.2, -0.15) is 0 Å². The summed E-state index contributed by atoms with van der Waals surface area (Å²) in [6.45, 7) is 0. The van der Waals surface area contributed by atoms with Gasteiger partial charge in [0.05, 0.1) is 0 Å². The molecule has 0 fully saturated rings. The van der Waals surface area contributed by atoms with E-state index in [1.807, 2.05) is 0 Å². The van der Waals surface area contributed by atoms with Gasteiger partial charge in [-0.3, -0.25) is 19.4 Å². The Hall–Kier alpha value is -1.84. The molecule has 1 aromatic rings. The van der Waals surface area contributed by atoms with Crippen molar-refractivity contribution < 1.29 is 14.4 Å². The highest BCUT2D eigenvalue weighted by molar-refractivity contribution is 5.90. The van der Waals surface area contributed by atoms with Crippen molar-refractivity contribution in [3.8, 4) is 0 Å². The van der Waals surface area contributed by atoms with Gasteiger partial charge in [0.15, 0.2) is 18.9 Å². The largest absolute Gasteiger partial charge is 0.298 e. The second-order valence-corrected chi connectivity index (χ2v) is 2.10. The molecule has 0 N–H and O–H groups in total. The van der Waals surface area contributed by atoms with Crippen molar-refractivity contribution in [2.24, 2.45) is 0 Å². The van der Waals surface area contributed by atoms with Gasteiger partial charge in [0.2, 0.25) is 0 Å². The first-order chi connectivity index (χ1) is 5.81. The van der Waals surface area contributed by atoms with Crippen molar-refractivity contribution in [2.75, 3.05) is 0 Å². The molecule has 0 spiro atoms. The first-order valence-electron chi connectivity index (χ1n) is 3.17. The zero-order valence-corrected chi connectivity index (χ0v) is 6.06. The van der Waals surface area contributed by atoms with Crippen LogP contribution in [0, 0.1) is 0 Å². The standard InChI is InChI=1S/C8H5NO3/c10-3-6-1-7(4-11)8(5-12)9-2-6/h1-5H. The Bertz CT molecular complexity index is 333. The molecule has 0 unspecified atom stereocenters. The van der Waals surface area contributed by atoms with Crippen LogP contribution in [0.15, 0.2) is 12.3 Å². The molecule has 0 aromatic carbocycles. The average molecular weight is 163 g/mol. The van der Waals surface area contributed by atoms with Crippen LogP contribution in [0.5, 0.6) is 0 Å². The second-order valence-electron chi connectivity index (χ2n) is 2.10. The number of pyridine rings is 1. The number of nitrogens with zero attached hydrogens (tertiary/aromatic N) is 1. The summed E-state index contributed by atoms with van der Waals surface area (Å²) >= 11 is 0. The predicted molar refractivity (Wildman–Crippen MR) is 40.4 cm³/mol. The minimum absolute atomic E-state index is 0.0515. The van der Waals surface area contributed by atoms with Crippen LogP contribution in [0.1, 0.15) is 31.2 Å². The number of aldehydes is 3. The van der Waals surface area contributed by atoms with Crippen LogP contribution in [0.2, 0.25) is 0 Å². The van der Waals surface area contributed by atoms with Crippen molar-refractivity contribution >= 4 is 18.9 Å². The molecule has 4 nitrogen and oxygen atoms in total. The Labute approximate surface area is 68.2 Å². The number of hydrogen-bond donors (Lipinski definition) is 0. The van der Waals surface area contributed by atoms with Gasteiger partial charge in [0.1, 0.15) is 5.69 Å². The zero-order valence-electron chi connectivity index (χ0n) is 6.06. The molecule has 4 heteroatoms. The molecule has 1 heterocycles. The van der Waals surface area contributed by atoms with Gasteiger partial charge >= 0.3 is 0 Å². The lowest BCUT2D eigenvalue weighted by Crippen LogP contribution is -1.96. The maximum Gasteiger partial charge on any atom is 0.169 e. The molecule has 0 atom stereocenters. The molecule has 0 radical (unpaired) electrons. The molecule has 0 amide bonds. The predicted octanol–water partition coefficient (Wildman–Crippen LogP) is 0.519. The second kappa shape index (κ2) is 3.52. The molecule has 0 bridgehead atoms. The van der Waals surface area contributed by atoms with Gasteiger partial charge in [-0.05, 0) is 6.07 Å². The van der Waals surface area contributed by atoms with Crippen LogP contribution in [-0.2, 0) is 0 Å². The Kier molecular flexibility index (Phi) is 2.42. The van der Waals surface area contributed by atoms with E-state index < -0.39 is 0 Å². The summed E-state index contributed by atoms with van der Waals surface area (Å²) in [5, 5.41) is 0. The average Bonchev–Trinajstić information content (AvgIpc) is 2.16. The lowest BCUT2D eigenvalue weighted by Gasteiger charge is -1.94. The summed E-state index contributed by atoms with van der Waals surface area (Å²) in [5.74, 6) is 0. The van der Waals surface area contributed by atoms with Crippen LogP contribution in [0.25, 0.3) is 0 Å².